The highest BCUT2D eigenvalue weighted by atomic mass is 16.6. The zero-order valence-electron chi connectivity index (χ0n) is 43.1. The summed E-state index contributed by atoms with van der Waals surface area (Å²) in [5, 5.41) is 0. The molecular weight excluding hydrogens is 829 g/mol. The molecule has 0 aliphatic rings. The molecular formula is C61H98O6. The summed E-state index contributed by atoms with van der Waals surface area (Å²) in [5.41, 5.74) is 0. The van der Waals surface area contributed by atoms with E-state index >= 15 is 0 Å². The van der Waals surface area contributed by atoms with E-state index in [9.17, 15) is 14.4 Å². The number of esters is 3. The summed E-state index contributed by atoms with van der Waals surface area (Å²) < 4.78 is 16.8. The topological polar surface area (TPSA) is 78.9 Å². The average Bonchev–Trinajstić information content (AvgIpc) is 3.33. The van der Waals surface area contributed by atoms with Crippen LogP contribution in [0.25, 0.3) is 0 Å². The standard InChI is InChI=1S/C61H98O6/c1-4-7-10-13-16-19-22-24-26-27-28-29-30-31-32-33-35-36-39-42-45-48-51-54-60(63)66-57-58(56-65-59(62)53-50-47-44-41-38-21-18-15-12-9-6-3)67-61(64)55-52-49-46-43-40-37-34-25-23-20-17-14-11-8-5-2/h7-8,10-11,15-20,24-26,28-29,31-32,34-36,58H,4-6,9,12-14,21-23,27,30,33,37-57H2,1-3H3/b10-7-,11-8-,18-15-,19-16-,20-17-,26-24-,29-28-,32-31-,34-25-,36-35-. The summed E-state index contributed by atoms with van der Waals surface area (Å²) in [5.74, 6) is -0.960. The van der Waals surface area contributed by atoms with Crippen LogP contribution >= 0.6 is 0 Å². The molecule has 0 bridgehead atoms. The number of carbonyl (C=O) groups excluding carboxylic acids is 3. The summed E-state index contributed by atoms with van der Waals surface area (Å²) in [6, 6.07) is 0. The minimum atomic E-state index is -0.804. The van der Waals surface area contributed by atoms with Crippen LogP contribution in [-0.2, 0) is 28.6 Å². The normalized spacial score (nSPS) is 13.1. The SMILES string of the molecule is CC/C=C\C/C=C\C/C=C\C/C=C\C/C=C\C/C=C\CCCCCCC(=O)OCC(COC(=O)CCCCCCC/C=C\CCCC)OC(=O)CCCCCCC/C=C\C/C=C\C/C=C\CC. The van der Waals surface area contributed by atoms with Crippen molar-refractivity contribution in [3.63, 3.8) is 0 Å². The van der Waals surface area contributed by atoms with Gasteiger partial charge in [0.2, 0.25) is 0 Å². The van der Waals surface area contributed by atoms with Crippen LogP contribution in [0, 0.1) is 0 Å². The summed E-state index contributed by atoms with van der Waals surface area (Å²) in [4.78, 5) is 38.0. The molecule has 1 unspecified atom stereocenters. The van der Waals surface area contributed by atoms with E-state index in [1.807, 2.05) is 0 Å². The molecule has 6 nitrogen and oxygen atoms in total. The Morgan fingerprint density at radius 2 is 0.582 bits per heavy atom. The Labute approximate surface area is 412 Å². The fourth-order valence-electron chi connectivity index (χ4n) is 6.91. The van der Waals surface area contributed by atoms with E-state index in [2.05, 4.69) is 142 Å². The van der Waals surface area contributed by atoms with Gasteiger partial charge in [0.25, 0.3) is 0 Å². The van der Waals surface area contributed by atoms with Gasteiger partial charge in [-0.05, 0) is 122 Å². The zero-order chi connectivity index (χ0) is 48.6. The Kier molecular flexibility index (Phi) is 51.0. The molecule has 0 heterocycles. The number of hydrogen-bond acceptors (Lipinski definition) is 6. The molecule has 0 aliphatic heterocycles. The fourth-order valence-corrected chi connectivity index (χ4v) is 6.91. The van der Waals surface area contributed by atoms with Gasteiger partial charge in [0, 0.05) is 19.3 Å². The number of carbonyl (C=O) groups is 3. The predicted molar refractivity (Wildman–Crippen MR) is 288 cm³/mol. The van der Waals surface area contributed by atoms with E-state index < -0.39 is 6.10 Å². The number of unbranched alkanes of at least 4 members (excludes halogenated alkanes) is 16. The maximum Gasteiger partial charge on any atom is 0.306 e. The van der Waals surface area contributed by atoms with Crippen LogP contribution in [0.15, 0.2) is 122 Å². The van der Waals surface area contributed by atoms with Crippen molar-refractivity contribution >= 4 is 17.9 Å². The predicted octanol–water partition coefficient (Wildman–Crippen LogP) is 18.1. The number of hydrogen-bond donors (Lipinski definition) is 0. The molecule has 0 saturated heterocycles. The molecule has 1 atom stereocenters. The summed E-state index contributed by atoms with van der Waals surface area (Å²) in [6.45, 7) is 6.31. The molecule has 0 aromatic carbocycles. The lowest BCUT2D eigenvalue weighted by atomic mass is 10.1. The van der Waals surface area contributed by atoms with Crippen LogP contribution in [-0.4, -0.2) is 37.2 Å². The van der Waals surface area contributed by atoms with Crippen LogP contribution in [0.4, 0.5) is 0 Å². The first-order valence-corrected chi connectivity index (χ1v) is 27.0. The molecule has 0 amide bonds. The van der Waals surface area contributed by atoms with E-state index in [-0.39, 0.29) is 31.1 Å². The number of rotatable bonds is 47. The molecule has 378 valence electrons. The van der Waals surface area contributed by atoms with Crippen molar-refractivity contribution in [1.29, 1.82) is 0 Å². The second kappa shape index (κ2) is 54.4. The molecule has 0 rings (SSSR count). The van der Waals surface area contributed by atoms with Crippen molar-refractivity contribution in [2.75, 3.05) is 13.2 Å². The molecule has 0 spiro atoms. The van der Waals surface area contributed by atoms with Gasteiger partial charge in [0.05, 0.1) is 0 Å². The first-order chi connectivity index (χ1) is 33.0. The van der Waals surface area contributed by atoms with Crippen LogP contribution in [0.1, 0.15) is 226 Å². The zero-order valence-corrected chi connectivity index (χ0v) is 43.1. The van der Waals surface area contributed by atoms with Gasteiger partial charge in [-0.3, -0.25) is 14.4 Å². The Morgan fingerprint density at radius 3 is 0.925 bits per heavy atom. The third-order valence-corrected chi connectivity index (χ3v) is 10.9. The maximum atomic E-state index is 12.8. The first-order valence-electron chi connectivity index (χ1n) is 27.0. The largest absolute Gasteiger partial charge is 0.462 e. The minimum Gasteiger partial charge on any atom is -0.462 e. The van der Waals surface area contributed by atoms with E-state index in [0.29, 0.717) is 19.3 Å². The quantitative estimate of drug-likeness (QED) is 0.0262. The molecule has 0 radical (unpaired) electrons. The molecule has 0 aromatic rings. The summed E-state index contributed by atoms with van der Waals surface area (Å²) in [7, 11) is 0. The highest BCUT2D eigenvalue weighted by molar-refractivity contribution is 5.71. The molecule has 67 heavy (non-hydrogen) atoms. The van der Waals surface area contributed by atoms with E-state index in [4.69, 9.17) is 14.2 Å². The van der Waals surface area contributed by atoms with Gasteiger partial charge in [-0.25, -0.2) is 0 Å². The van der Waals surface area contributed by atoms with Crippen LogP contribution in [0.3, 0.4) is 0 Å². The first kappa shape index (κ1) is 62.8. The van der Waals surface area contributed by atoms with Gasteiger partial charge in [-0.1, -0.05) is 206 Å². The van der Waals surface area contributed by atoms with Gasteiger partial charge < -0.3 is 14.2 Å². The van der Waals surface area contributed by atoms with Gasteiger partial charge in [0.15, 0.2) is 6.10 Å². The smallest absolute Gasteiger partial charge is 0.306 e. The second-order valence-corrected chi connectivity index (χ2v) is 17.4. The van der Waals surface area contributed by atoms with Crippen LogP contribution in [0.5, 0.6) is 0 Å². The van der Waals surface area contributed by atoms with Crippen LogP contribution < -0.4 is 0 Å². The lowest BCUT2D eigenvalue weighted by Gasteiger charge is -2.18. The van der Waals surface area contributed by atoms with Crippen molar-refractivity contribution in [3.05, 3.63) is 122 Å². The lowest BCUT2D eigenvalue weighted by Crippen LogP contribution is -2.30. The maximum absolute atomic E-state index is 12.8. The van der Waals surface area contributed by atoms with Gasteiger partial charge in [-0.2, -0.15) is 0 Å². The van der Waals surface area contributed by atoms with Crippen molar-refractivity contribution in [1.82, 2.24) is 0 Å². The van der Waals surface area contributed by atoms with E-state index in [0.717, 1.165) is 161 Å². The summed E-state index contributed by atoms with van der Waals surface area (Å²) in [6.07, 6.45) is 74.7. The Hall–Kier alpha value is -4.19. The third-order valence-electron chi connectivity index (χ3n) is 10.9. The Morgan fingerprint density at radius 1 is 0.313 bits per heavy atom. The molecule has 0 fully saturated rings. The van der Waals surface area contributed by atoms with Gasteiger partial charge >= 0.3 is 17.9 Å². The fraction of sp³-hybridized carbons (Fsp3) is 0.623. The number of allylic oxidation sites excluding steroid dienone is 20. The molecule has 0 aromatic heterocycles. The van der Waals surface area contributed by atoms with Crippen molar-refractivity contribution in [2.24, 2.45) is 0 Å². The molecule has 6 heteroatoms. The Balaban J connectivity index is 4.43. The molecule has 0 aliphatic carbocycles. The third kappa shape index (κ3) is 52.6. The van der Waals surface area contributed by atoms with Crippen molar-refractivity contribution in [3.8, 4) is 0 Å². The lowest BCUT2D eigenvalue weighted by molar-refractivity contribution is -0.167. The van der Waals surface area contributed by atoms with Gasteiger partial charge in [-0.15, -0.1) is 0 Å². The van der Waals surface area contributed by atoms with Crippen molar-refractivity contribution < 1.29 is 28.6 Å². The van der Waals surface area contributed by atoms with E-state index in [1.54, 1.807) is 0 Å². The second-order valence-electron chi connectivity index (χ2n) is 17.4. The molecule has 0 N–H and O–H groups in total. The minimum absolute atomic E-state index is 0.101. The average molecular weight is 927 g/mol. The highest BCUT2D eigenvalue weighted by Crippen LogP contribution is 2.13. The monoisotopic (exact) mass is 927 g/mol. The molecule has 0 saturated carbocycles. The highest BCUT2D eigenvalue weighted by Gasteiger charge is 2.19. The van der Waals surface area contributed by atoms with Gasteiger partial charge in [0.1, 0.15) is 13.2 Å². The summed E-state index contributed by atoms with van der Waals surface area (Å²) >= 11 is 0. The van der Waals surface area contributed by atoms with Crippen molar-refractivity contribution in [2.45, 2.75) is 232 Å². The Bertz CT molecular complexity index is 1440. The van der Waals surface area contributed by atoms with Crippen LogP contribution in [0.2, 0.25) is 0 Å². The van der Waals surface area contributed by atoms with E-state index in [1.165, 1.54) is 25.7 Å². The number of ether oxygens (including phenoxy) is 3.